The van der Waals surface area contributed by atoms with Crippen LogP contribution in [0.25, 0.3) is 0 Å². The third-order valence-electron chi connectivity index (χ3n) is 3.91. The fourth-order valence-corrected chi connectivity index (χ4v) is 4.05. The van der Waals surface area contributed by atoms with Gasteiger partial charge >= 0.3 is 0 Å². The molecule has 1 amide bonds. The molecule has 1 atom stereocenters. The molecule has 0 saturated carbocycles. The number of carbonyl (C=O) groups excluding carboxylic acids is 1. The number of fused-ring (bicyclic) bond motifs is 1. The molecule has 2 N–H and O–H groups in total. The lowest BCUT2D eigenvalue weighted by Gasteiger charge is -2.34. The Morgan fingerprint density at radius 3 is 2.38 bits per heavy atom. The lowest BCUT2D eigenvalue weighted by molar-refractivity contribution is -0.124. The lowest BCUT2D eigenvalue weighted by Crippen LogP contribution is -2.49. The van der Waals surface area contributed by atoms with Crippen molar-refractivity contribution in [3.8, 4) is 5.75 Å². The number of sulfonamides is 1. The van der Waals surface area contributed by atoms with Gasteiger partial charge in [-0.1, -0.05) is 23.8 Å². The number of primary amides is 1. The zero-order valence-electron chi connectivity index (χ0n) is 13.4. The SMILES string of the molecule is Cc1ccc(S(=O)(=O)N2C[C@@H](C(N)=O)Oc3cc(C)ccc32)cc1. The van der Waals surface area contributed by atoms with E-state index in [-0.39, 0.29) is 11.4 Å². The van der Waals surface area contributed by atoms with E-state index in [2.05, 4.69) is 0 Å². The Morgan fingerprint density at radius 1 is 1.12 bits per heavy atom. The van der Waals surface area contributed by atoms with Crippen molar-refractivity contribution in [2.45, 2.75) is 24.8 Å². The summed E-state index contributed by atoms with van der Waals surface area (Å²) in [6.45, 7) is 3.59. The maximum Gasteiger partial charge on any atom is 0.264 e. The highest BCUT2D eigenvalue weighted by Crippen LogP contribution is 2.37. The van der Waals surface area contributed by atoms with Gasteiger partial charge in [0.15, 0.2) is 6.10 Å². The smallest absolute Gasteiger partial charge is 0.264 e. The normalized spacial score (nSPS) is 17.1. The van der Waals surface area contributed by atoms with E-state index in [0.717, 1.165) is 11.1 Å². The van der Waals surface area contributed by atoms with Gasteiger partial charge in [-0.15, -0.1) is 0 Å². The summed E-state index contributed by atoms with van der Waals surface area (Å²) >= 11 is 0. The number of nitrogens with two attached hydrogens (primary N) is 1. The first-order valence-electron chi connectivity index (χ1n) is 7.45. The Balaban J connectivity index is 2.12. The average molecular weight is 346 g/mol. The molecule has 126 valence electrons. The van der Waals surface area contributed by atoms with Crippen molar-refractivity contribution in [3.63, 3.8) is 0 Å². The van der Waals surface area contributed by atoms with Crippen LogP contribution in [0.15, 0.2) is 47.4 Å². The van der Waals surface area contributed by atoms with Crippen LogP contribution in [-0.2, 0) is 14.8 Å². The van der Waals surface area contributed by atoms with E-state index in [1.54, 1.807) is 42.5 Å². The highest BCUT2D eigenvalue weighted by Gasteiger charge is 2.36. The molecule has 0 radical (unpaired) electrons. The molecule has 6 nitrogen and oxygen atoms in total. The minimum Gasteiger partial charge on any atom is -0.476 e. The van der Waals surface area contributed by atoms with Gasteiger partial charge in [-0.25, -0.2) is 8.42 Å². The molecule has 0 aliphatic carbocycles. The molecule has 1 aliphatic heterocycles. The van der Waals surface area contributed by atoms with Crippen molar-refractivity contribution in [1.82, 2.24) is 0 Å². The van der Waals surface area contributed by atoms with E-state index >= 15 is 0 Å². The molecule has 2 aromatic rings. The molecule has 1 heterocycles. The average Bonchev–Trinajstić information content (AvgIpc) is 2.53. The number of hydrogen-bond acceptors (Lipinski definition) is 4. The minimum absolute atomic E-state index is 0.151. The number of amides is 1. The maximum atomic E-state index is 13.0. The van der Waals surface area contributed by atoms with Gasteiger partial charge in [0.1, 0.15) is 5.75 Å². The largest absolute Gasteiger partial charge is 0.476 e. The number of ether oxygens (including phenoxy) is 1. The van der Waals surface area contributed by atoms with Crippen molar-refractivity contribution in [1.29, 1.82) is 0 Å². The number of hydrogen-bond donors (Lipinski definition) is 1. The van der Waals surface area contributed by atoms with Crippen LogP contribution in [-0.4, -0.2) is 27.0 Å². The molecular formula is C17H18N2O4S. The molecule has 2 aromatic carbocycles. The maximum absolute atomic E-state index is 13.0. The predicted molar refractivity (Wildman–Crippen MR) is 90.5 cm³/mol. The third kappa shape index (κ3) is 2.82. The van der Waals surface area contributed by atoms with Gasteiger partial charge in [-0.2, -0.15) is 0 Å². The lowest BCUT2D eigenvalue weighted by atomic mass is 10.1. The van der Waals surface area contributed by atoms with Crippen molar-refractivity contribution >= 4 is 21.6 Å². The Labute approximate surface area is 140 Å². The number of benzene rings is 2. The second-order valence-electron chi connectivity index (χ2n) is 5.83. The first-order chi connectivity index (χ1) is 11.3. The van der Waals surface area contributed by atoms with E-state index in [1.807, 2.05) is 13.8 Å². The first kappa shape index (κ1) is 16.3. The second kappa shape index (κ2) is 5.83. The molecule has 0 unspecified atom stereocenters. The van der Waals surface area contributed by atoms with E-state index in [9.17, 15) is 13.2 Å². The van der Waals surface area contributed by atoms with Gasteiger partial charge in [-0.3, -0.25) is 9.10 Å². The van der Waals surface area contributed by atoms with E-state index in [1.165, 1.54) is 4.31 Å². The minimum atomic E-state index is -3.83. The van der Waals surface area contributed by atoms with Crippen molar-refractivity contribution in [2.24, 2.45) is 5.73 Å². The predicted octanol–water partition coefficient (Wildman–Crippen LogP) is 1.75. The second-order valence-corrected chi connectivity index (χ2v) is 7.69. The molecule has 0 saturated heterocycles. The summed E-state index contributed by atoms with van der Waals surface area (Å²) in [7, 11) is -3.83. The van der Waals surface area contributed by atoms with Crippen LogP contribution >= 0.6 is 0 Å². The molecule has 24 heavy (non-hydrogen) atoms. The number of nitrogens with zero attached hydrogens (tertiary/aromatic N) is 1. The topological polar surface area (TPSA) is 89.7 Å². The van der Waals surface area contributed by atoms with E-state index in [0.29, 0.717) is 11.4 Å². The summed E-state index contributed by atoms with van der Waals surface area (Å²) in [5, 5.41) is 0. The molecule has 0 bridgehead atoms. The summed E-state index contributed by atoms with van der Waals surface area (Å²) in [6, 6.07) is 11.7. The molecule has 3 rings (SSSR count). The summed E-state index contributed by atoms with van der Waals surface area (Å²) in [6.07, 6.45) is -1.03. The summed E-state index contributed by atoms with van der Waals surface area (Å²) in [4.78, 5) is 11.7. The Kier molecular flexibility index (Phi) is 3.96. The van der Waals surface area contributed by atoms with Gasteiger partial charge in [0, 0.05) is 0 Å². The quantitative estimate of drug-likeness (QED) is 0.917. The highest BCUT2D eigenvalue weighted by atomic mass is 32.2. The fraction of sp³-hybridized carbons (Fsp3) is 0.235. The van der Waals surface area contributed by atoms with Crippen molar-refractivity contribution in [2.75, 3.05) is 10.8 Å². The summed E-state index contributed by atoms with van der Waals surface area (Å²) in [5.41, 5.74) is 7.60. The molecule has 0 spiro atoms. The third-order valence-corrected chi connectivity index (χ3v) is 5.71. The van der Waals surface area contributed by atoms with E-state index in [4.69, 9.17) is 10.5 Å². The Hall–Kier alpha value is -2.54. The van der Waals surface area contributed by atoms with Gasteiger partial charge < -0.3 is 10.5 Å². The van der Waals surface area contributed by atoms with Crippen LogP contribution < -0.4 is 14.8 Å². The van der Waals surface area contributed by atoms with Gasteiger partial charge in [0.05, 0.1) is 17.1 Å². The Morgan fingerprint density at radius 2 is 1.75 bits per heavy atom. The molecular weight excluding hydrogens is 328 g/mol. The summed E-state index contributed by atoms with van der Waals surface area (Å²) in [5.74, 6) is -0.369. The van der Waals surface area contributed by atoms with Gasteiger partial charge in [0.25, 0.3) is 15.9 Å². The van der Waals surface area contributed by atoms with Gasteiger partial charge in [-0.05, 0) is 43.7 Å². The van der Waals surface area contributed by atoms with Gasteiger partial charge in [0.2, 0.25) is 0 Å². The number of rotatable bonds is 3. The van der Waals surface area contributed by atoms with Crippen LogP contribution in [0, 0.1) is 13.8 Å². The van der Waals surface area contributed by atoms with Crippen molar-refractivity contribution < 1.29 is 17.9 Å². The standard InChI is InChI=1S/C17H18N2O4S/c1-11-3-6-13(7-4-11)24(21,22)19-10-16(17(18)20)23-15-9-12(2)5-8-14(15)19/h3-9,16H,10H2,1-2H3,(H2,18,20)/t16-/m0/s1. The fourth-order valence-electron chi connectivity index (χ4n) is 2.57. The number of carbonyl (C=O) groups is 1. The summed E-state index contributed by atoms with van der Waals surface area (Å²) < 4.78 is 32.8. The van der Waals surface area contributed by atoms with Crippen molar-refractivity contribution in [3.05, 3.63) is 53.6 Å². The van der Waals surface area contributed by atoms with Crippen LogP contribution in [0.1, 0.15) is 11.1 Å². The number of anilines is 1. The van der Waals surface area contributed by atoms with Crippen LogP contribution in [0.3, 0.4) is 0 Å². The molecule has 0 fully saturated rings. The molecule has 7 heteroatoms. The molecule has 0 aromatic heterocycles. The van der Waals surface area contributed by atoms with Crippen LogP contribution in [0.2, 0.25) is 0 Å². The number of aryl methyl sites for hydroxylation is 2. The van der Waals surface area contributed by atoms with E-state index < -0.39 is 22.0 Å². The Bertz CT molecular complexity index is 891. The van der Waals surface area contributed by atoms with Crippen LogP contribution in [0.4, 0.5) is 5.69 Å². The monoisotopic (exact) mass is 346 g/mol. The highest BCUT2D eigenvalue weighted by molar-refractivity contribution is 7.92. The van der Waals surface area contributed by atoms with Crippen LogP contribution in [0.5, 0.6) is 5.75 Å². The first-order valence-corrected chi connectivity index (χ1v) is 8.89. The zero-order chi connectivity index (χ0) is 17.5. The zero-order valence-corrected chi connectivity index (χ0v) is 14.2. The molecule has 1 aliphatic rings.